The molecule has 1 fully saturated rings. The average Bonchev–Trinajstić information content (AvgIpc) is 2.92. The Morgan fingerprint density at radius 2 is 2.29 bits per heavy atom. The average molecular weight is 328 g/mol. The van der Waals surface area contributed by atoms with Crippen LogP contribution in [0.1, 0.15) is 19.3 Å². The topological polar surface area (TPSA) is 102 Å². The molecule has 1 aliphatic rings. The molecule has 2 aromatic heterocycles. The molecular weight excluding hydrogens is 312 g/mol. The zero-order valence-corrected chi connectivity index (χ0v) is 12.9. The SMILES string of the molecule is O=S(=O)(Nc1nncs1)c1cnn(CCCNC2CC2)c1. The van der Waals surface area contributed by atoms with Crippen molar-refractivity contribution in [2.75, 3.05) is 11.3 Å². The van der Waals surface area contributed by atoms with Crippen molar-refractivity contribution < 1.29 is 8.42 Å². The van der Waals surface area contributed by atoms with Crippen molar-refractivity contribution in [3.05, 3.63) is 17.9 Å². The van der Waals surface area contributed by atoms with Crippen LogP contribution in [0.3, 0.4) is 0 Å². The summed E-state index contributed by atoms with van der Waals surface area (Å²) in [5, 5.41) is 15.0. The second-order valence-electron chi connectivity index (χ2n) is 4.87. The molecule has 1 aliphatic carbocycles. The van der Waals surface area contributed by atoms with Gasteiger partial charge in [-0.1, -0.05) is 11.3 Å². The predicted molar refractivity (Wildman–Crippen MR) is 78.6 cm³/mol. The Balaban J connectivity index is 1.55. The molecule has 0 spiro atoms. The second-order valence-corrected chi connectivity index (χ2v) is 7.39. The van der Waals surface area contributed by atoms with Crippen LogP contribution in [0.4, 0.5) is 5.13 Å². The molecule has 2 aromatic rings. The highest BCUT2D eigenvalue weighted by molar-refractivity contribution is 7.93. The van der Waals surface area contributed by atoms with E-state index in [4.69, 9.17) is 0 Å². The number of sulfonamides is 1. The summed E-state index contributed by atoms with van der Waals surface area (Å²) in [6.45, 7) is 1.61. The molecule has 0 bridgehead atoms. The Bertz CT molecular complexity index is 677. The van der Waals surface area contributed by atoms with E-state index in [0.717, 1.165) is 24.3 Å². The first-order chi connectivity index (χ1) is 10.1. The highest BCUT2D eigenvalue weighted by Crippen LogP contribution is 2.18. The van der Waals surface area contributed by atoms with Crippen LogP contribution in [0.15, 0.2) is 22.8 Å². The van der Waals surface area contributed by atoms with Gasteiger partial charge in [-0.3, -0.25) is 9.40 Å². The molecule has 1 saturated carbocycles. The molecule has 2 heterocycles. The van der Waals surface area contributed by atoms with Gasteiger partial charge in [0.05, 0.1) is 6.20 Å². The summed E-state index contributed by atoms with van der Waals surface area (Å²) in [6.07, 6.45) is 6.32. The third kappa shape index (κ3) is 3.99. The molecule has 114 valence electrons. The number of hydrogen-bond donors (Lipinski definition) is 2. The third-order valence-electron chi connectivity index (χ3n) is 3.08. The molecule has 21 heavy (non-hydrogen) atoms. The fraction of sp³-hybridized carbons (Fsp3) is 0.545. The van der Waals surface area contributed by atoms with Gasteiger partial charge in [-0.25, -0.2) is 8.42 Å². The van der Waals surface area contributed by atoms with Gasteiger partial charge in [0.1, 0.15) is 10.4 Å². The Hall–Kier alpha value is -1.52. The van der Waals surface area contributed by atoms with Gasteiger partial charge >= 0.3 is 0 Å². The van der Waals surface area contributed by atoms with Crippen LogP contribution < -0.4 is 10.0 Å². The summed E-state index contributed by atoms with van der Waals surface area (Å²) in [5.41, 5.74) is 1.47. The van der Waals surface area contributed by atoms with Gasteiger partial charge in [0.2, 0.25) is 5.13 Å². The van der Waals surface area contributed by atoms with Gasteiger partial charge in [-0.05, 0) is 25.8 Å². The molecule has 0 radical (unpaired) electrons. The first-order valence-corrected chi connectivity index (χ1v) is 9.04. The van der Waals surface area contributed by atoms with Crippen molar-refractivity contribution in [2.24, 2.45) is 0 Å². The molecule has 0 unspecified atom stereocenters. The predicted octanol–water partition coefficient (Wildman–Crippen LogP) is 0.677. The maximum absolute atomic E-state index is 12.1. The number of nitrogens with zero attached hydrogens (tertiary/aromatic N) is 4. The minimum absolute atomic E-state index is 0.132. The van der Waals surface area contributed by atoms with Gasteiger partial charge in [0, 0.05) is 18.8 Å². The number of anilines is 1. The molecule has 10 heteroatoms. The van der Waals surface area contributed by atoms with E-state index in [1.165, 1.54) is 30.7 Å². The normalized spacial score (nSPS) is 15.2. The smallest absolute Gasteiger partial charge is 0.266 e. The number of nitrogens with one attached hydrogen (secondary N) is 2. The van der Waals surface area contributed by atoms with Gasteiger partial charge < -0.3 is 5.32 Å². The van der Waals surface area contributed by atoms with Crippen LogP contribution in [0.2, 0.25) is 0 Å². The third-order valence-corrected chi connectivity index (χ3v) is 5.11. The molecule has 0 saturated heterocycles. The summed E-state index contributed by atoms with van der Waals surface area (Å²) in [5.74, 6) is 0. The van der Waals surface area contributed by atoms with Crippen LogP contribution in [-0.2, 0) is 16.6 Å². The van der Waals surface area contributed by atoms with Gasteiger partial charge in [-0.2, -0.15) is 5.10 Å². The molecule has 3 rings (SSSR count). The first kappa shape index (κ1) is 14.4. The summed E-state index contributed by atoms with van der Waals surface area (Å²) >= 11 is 1.13. The van der Waals surface area contributed by atoms with Crippen LogP contribution >= 0.6 is 11.3 Å². The first-order valence-electron chi connectivity index (χ1n) is 6.68. The Labute approximate surface area is 126 Å². The zero-order chi connectivity index (χ0) is 14.7. The lowest BCUT2D eigenvalue weighted by molar-refractivity contribution is 0.541. The van der Waals surface area contributed by atoms with Crippen LogP contribution in [0, 0.1) is 0 Å². The standard InChI is InChI=1S/C11H16N6O2S2/c18-21(19,16-11-15-13-8-20-11)10-6-14-17(7-10)5-1-4-12-9-2-3-9/h6-9,12H,1-5H2,(H,15,16). The molecule has 0 aliphatic heterocycles. The minimum Gasteiger partial charge on any atom is -0.314 e. The number of rotatable bonds is 8. The quantitative estimate of drug-likeness (QED) is 0.691. The fourth-order valence-electron chi connectivity index (χ4n) is 1.83. The van der Waals surface area contributed by atoms with Gasteiger partial charge in [-0.15, -0.1) is 10.2 Å². The highest BCUT2D eigenvalue weighted by Gasteiger charge is 2.20. The summed E-state index contributed by atoms with van der Waals surface area (Å²) < 4.78 is 28.2. The monoisotopic (exact) mass is 328 g/mol. The van der Waals surface area contributed by atoms with Crippen molar-refractivity contribution in [2.45, 2.75) is 36.7 Å². The van der Waals surface area contributed by atoms with Crippen molar-refractivity contribution in [1.82, 2.24) is 25.3 Å². The van der Waals surface area contributed by atoms with E-state index < -0.39 is 10.0 Å². The van der Waals surface area contributed by atoms with Gasteiger partial charge in [0.25, 0.3) is 10.0 Å². The van der Waals surface area contributed by atoms with Crippen LogP contribution in [0.5, 0.6) is 0 Å². The van der Waals surface area contributed by atoms with Crippen molar-refractivity contribution in [3.8, 4) is 0 Å². The maximum Gasteiger partial charge on any atom is 0.266 e. The lowest BCUT2D eigenvalue weighted by Crippen LogP contribution is -2.19. The minimum atomic E-state index is -3.64. The number of aromatic nitrogens is 4. The Morgan fingerprint density at radius 3 is 3.00 bits per heavy atom. The number of aryl methyl sites for hydroxylation is 1. The van der Waals surface area contributed by atoms with E-state index in [-0.39, 0.29) is 10.0 Å². The van der Waals surface area contributed by atoms with E-state index in [9.17, 15) is 8.42 Å². The Morgan fingerprint density at radius 1 is 1.43 bits per heavy atom. The summed E-state index contributed by atoms with van der Waals surface area (Å²) in [7, 11) is -3.64. The molecular formula is C11H16N6O2S2. The molecule has 2 N–H and O–H groups in total. The fourth-order valence-corrected chi connectivity index (χ4v) is 3.48. The zero-order valence-electron chi connectivity index (χ0n) is 11.3. The van der Waals surface area contributed by atoms with E-state index in [0.29, 0.717) is 12.6 Å². The van der Waals surface area contributed by atoms with Crippen molar-refractivity contribution in [3.63, 3.8) is 0 Å². The molecule has 0 amide bonds. The van der Waals surface area contributed by atoms with E-state index in [1.54, 1.807) is 4.68 Å². The van der Waals surface area contributed by atoms with E-state index >= 15 is 0 Å². The summed E-state index contributed by atoms with van der Waals surface area (Å²) in [4.78, 5) is 0.132. The lowest BCUT2D eigenvalue weighted by atomic mass is 10.4. The maximum atomic E-state index is 12.1. The largest absolute Gasteiger partial charge is 0.314 e. The van der Waals surface area contributed by atoms with E-state index in [1.807, 2.05) is 0 Å². The molecule has 8 nitrogen and oxygen atoms in total. The molecule has 0 atom stereocenters. The molecule has 0 aromatic carbocycles. The van der Waals surface area contributed by atoms with E-state index in [2.05, 4.69) is 25.3 Å². The highest BCUT2D eigenvalue weighted by atomic mass is 32.2. The summed E-state index contributed by atoms with van der Waals surface area (Å²) in [6, 6.07) is 0.690. The van der Waals surface area contributed by atoms with Crippen LogP contribution in [-0.4, -0.2) is 41.0 Å². The van der Waals surface area contributed by atoms with Crippen molar-refractivity contribution >= 4 is 26.5 Å². The Kier molecular flexibility index (Phi) is 4.17. The lowest BCUT2D eigenvalue weighted by Gasteiger charge is -2.03. The van der Waals surface area contributed by atoms with Gasteiger partial charge in [0.15, 0.2) is 0 Å². The van der Waals surface area contributed by atoms with Crippen molar-refractivity contribution in [1.29, 1.82) is 0 Å². The number of hydrogen-bond acceptors (Lipinski definition) is 7. The van der Waals surface area contributed by atoms with Crippen LogP contribution in [0.25, 0.3) is 0 Å². The second kappa shape index (κ2) is 6.08.